The van der Waals surface area contributed by atoms with E-state index in [0.717, 1.165) is 27.9 Å². The molecule has 0 aliphatic carbocycles. The lowest BCUT2D eigenvalue weighted by atomic mass is 10.1. The molecule has 0 aliphatic heterocycles. The summed E-state index contributed by atoms with van der Waals surface area (Å²) in [6, 6.07) is 5.64. The van der Waals surface area contributed by atoms with Crippen LogP contribution in [0.1, 0.15) is 0 Å². The fraction of sp³-hybridized carbons (Fsp3) is 0.0556. The average Bonchev–Trinajstić information content (AvgIpc) is 3.25. The number of anilines is 1. The van der Waals surface area contributed by atoms with Crippen molar-refractivity contribution in [1.82, 2.24) is 29.7 Å². The van der Waals surface area contributed by atoms with E-state index in [0.29, 0.717) is 11.5 Å². The zero-order chi connectivity index (χ0) is 18.1. The van der Waals surface area contributed by atoms with Gasteiger partial charge >= 0.3 is 0 Å². The summed E-state index contributed by atoms with van der Waals surface area (Å²) in [5.74, 6) is 0.292. The molecule has 1 amide bonds. The van der Waals surface area contributed by atoms with E-state index in [4.69, 9.17) is 0 Å². The molecule has 0 aromatic carbocycles. The van der Waals surface area contributed by atoms with Gasteiger partial charge in [-0.1, -0.05) is 6.58 Å². The molecule has 8 nitrogen and oxygen atoms in total. The number of H-pyrrole nitrogens is 1. The maximum Gasteiger partial charge on any atom is 0.248 e. The minimum atomic E-state index is -0.287. The molecular weight excluding hydrogens is 330 g/mol. The summed E-state index contributed by atoms with van der Waals surface area (Å²) in [6.07, 6.45) is 8.04. The number of rotatable bonds is 4. The molecular formula is C18H15N7O. The number of carbonyl (C=O) groups excluding carboxylic acids is 1. The normalized spacial score (nSPS) is 10.8. The summed E-state index contributed by atoms with van der Waals surface area (Å²) in [6.45, 7) is 3.45. The first-order chi connectivity index (χ1) is 12.7. The molecule has 0 aliphatic rings. The van der Waals surface area contributed by atoms with E-state index in [1.165, 1.54) is 12.4 Å². The van der Waals surface area contributed by atoms with Crippen LogP contribution in [0.4, 0.5) is 5.82 Å². The predicted molar refractivity (Wildman–Crippen MR) is 98.1 cm³/mol. The van der Waals surface area contributed by atoms with Crippen LogP contribution < -0.4 is 5.32 Å². The van der Waals surface area contributed by atoms with Gasteiger partial charge in [0.25, 0.3) is 0 Å². The summed E-state index contributed by atoms with van der Waals surface area (Å²) < 4.78 is 1.60. The Morgan fingerprint density at radius 2 is 2.19 bits per heavy atom. The van der Waals surface area contributed by atoms with Gasteiger partial charge in [0, 0.05) is 48.2 Å². The lowest BCUT2D eigenvalue weighted by Crippen LogP contribution is -2.10. The molecule has 4 aromatic rings. The summed E-state index contributed by atoms with van der Waals surface area (Å²) in [5, 5.41) is 8.11. The van der Waals surface area contributed by atoms with Crippen LogP contribution in [0, 0.1) is 0 Å². The van der Waals surface area contributed by atoms with Gasteiger partial charge in [-0.3, -0.25) is 9.48 Å². The van der Waals surface area contributed by atoms with Crippen molar-refractivity contribution >= 4 is 22.8 Å². The summed E-state index contributed by atoms with van der Waals surface area (Å²) >= 11 is 0. The first kappa shape index (κ1) is 15.7. The molecule has 0 bridgehead atoms. The van der Waals surface area contributed by atoms with E-state index < -0.39 is 0 Å². The minimum absolute atomic E-state index is 0.287. The number of aromatic nitrogens is 6. The number of nitrogens with zero attached hydrogens (tertiary/aromatic N) is 5. The van der Waals surface area contributed by atoms with Crippen LogP contribution in [0.5, 0.6) is 0 Å². The minimum Gasteiger partial charge on any atom is -0.345 e. The van der Waals surface area contributed by atoms with Crippen molar-refractivity contribution in [2.24, 2.45) is 7.05 Å². The number of hydrogen-bond donors (Lipinski definition) is 2. The van der Waals surface area contributed by atoms with Crippen molar-refractivity contribution in [3.8, 4) is 22.5 Å². The molecule has 8 heteroatoms. The van der Waals surface area contributed by atoms with Crippen LogP contribution in [-0.4, -0.2) is 35.6 Å². The van der Waals surface area contributed by atoms with Crippen LogP contribution >= 0.6 is 0 Å². The molecule has 0 spiro atoms. The first-order valence-electron chi connectivity index (χ1n) is 7.87. The summed E-state index contributed by atoms with van der Waals surface area (Å²) in [4.78, 5) is 27.4. The highest BCUT2D eigenvalue weighted by molar-refractivity contribution is 5.99. The summed E-state index contributed by atoms with van der Waals surface area (Å²) in [5.41, 5.74) is 4.05. The number of nitrogens with one attached hydrogen (secondary N) is 2. The zero-order valence-corrected chi connectivity index (χ0v) is 14.0. The maximum absolute atomic E-state index is 11.5. The fourth-order valence-electron chi connectivity index (χ4n) is 2.71. The second-order valence-corrected chi connectivity index (χ2v) is 5.65. The molecule has 4 rings (SSSR count). The number of pyridine rings is 1. The first-order valence-corrected chi connectivity index (χ1v) is 7.87. The van der Waals surface area contributed by atoms with Gasteiger partial charge in [-0.05, 0) is 18.2 Å². The smallest absolute Gasteiger partial charge is 0.248 e. The van der Waals surface area contributed by atoms with Crippen molar-refractivity contribution in [3.63, 3.8) is 0 Å². The SMILES string of the molecule is C=CC(=O)Nc1cc(-c2cnc3[nH]cc(-c4ccncn4)c3c2)nn1C. The molecule has 0 fully saturated rings. The van der Waals surface area contributed by atoms with Crippen molar-refractivity contribution in [3.05, 3.63) is 55.8 Å². The third-order valence-corrected chi connectivity index (χ3v) is 4.00. The number of aryl methyl sites for hydroxylation is 1. The molecule has 128 valence electrons. The van der Waals surface area contributed by atoms with Crippen molar-refractivity contribution in [2.75, 3.05) is 5.32 Å². The average molecular weight is 345 g/mol. The standard InChI is InChI=1S/C18H15N7O/c1-3-17(26)23-16-7-15(24-25(16)2)11-6-12-13(9-21-18(12)20-8-11)14-4-5-19-10-22-14/h3-10H,1H2,2H3,(H,20,21)(H,23,26). The Hall–Kier alpha value is -3.81. The van der Waals surface area contributed by atoms with E-state index in [2.05, 4.69) is 36.9 Å². The Morgan fingerprint density at radius 3 is 2.96 bits per heavy atom. The topological polar surface area (TPSA) is 101 Å². The van der Waals surface area contributed by atoms with Gasteiger partial charge in [-0.25, -0.2) is 15.0 Å². The third kappa shape index (κ3) is 2.73. The molecule has 26 heavy (non-hydrogen) atoms. The zero-order valence-electron chi connectivity index (χ0n) is 14.0. The van der Waals surface area contributed by atoms with E-state index in [1.54, 1.807) is 30.2 Å². The number of fused-ring (bicyclic) bond motifs is 1. The van der Waals surface area contributed by atoms with Crippen LogP contribution in [0.2, 0.25) is 0 Å². The highest BCUT2D eigenvalue weighted by Crippen LogP contribution is 2.30. The largest absolute Gasteiger partial charge is 0.345 e. The van der Waals surface area contributed by atoms with Gasteiger partial charge in [-0.15, -0.1) is 0 Å². The lowest BCUT2D eigenvalue weighted by Gasteiger charge is -2.00. The van der Waals surface area contributed by atoms with Gasteiger partial charge in [0.1, 0.15) is 17.8 Å². The van der Waals surface area contributed by atoms with Crippen molar-refractivity contribution in [1.29, 1.82) is 0 Å². The highest BCUT2D eigenvalue weighted by Gasteiger charge is 2.13. The third-order valence-electron chi connectivity index (χ3n) is 4.00. The van der Waals surface area contributed by atoms with Gasteiger partial charge in [0.15, 0.2) is 0 Å². The van der Waals surface area contributed by atoms with E-state index >= 15 is 0 Å². The van der Waals surface area contributed by atoms with Gasteiger partial charge in [0.2, 0.25) is 5.91 Å². The number of amides is 1. The van der Waals surface area contributed by atoms with Gasteiger partial charge < -0.3 is 10.3 Å². The van der Waals surface area contributed by atoms with Crippen molar-refractivity contribution < 1.29 is 4.79 Å². The molecule has 0 saturated heterocycles. The van der Waals surface area contributed by atoms with E-state index in [-0.39, 0.29) is 5.91 Å². The number of aromatic amines is 1. The number of hydrogen-bond acceptors (Lipinski definition) is 5. The second-order valence-electron chi connectivity index (χ2n) is 5.65. The molecule has 4 aromatic heterocycles. The van der Waals surface area contributed by atoms with Crippen LogP contribution in [0.3, 0.4) is 0 Å². The Balaban J connectivity index is 1.77. The maximum atomic E-state index is 11.5. The van der Waals surface area contributed by atoms with Gasteiger partial charge in [0.05, 0.1) is 11.4 Å². The van der Waals surface area contributed by atoms with Crippen LogP contribution in [0.15, 0.2) is 55.8 Å². The lowest BCUT2D eigenvalue weighted by molar-refractivity contribution is -0.111. The Morgan fingerprint density at radius 1 is 1.31 bits per heavy atom. The fourth-order valence-corrected chi connectivity index (χ4v) is 2.71. The summed E-state index contributed by atoms with van der Waals surface area (Å²) in [7, 11) is 1.76. The van der Waals surface area contributed by atoms with Gasteiger partial charge in [-0.2, -0.15) is 5.10 Å². The Bertz CT molecular complexity index is 1110. The Labute approximate surface area is 148 Å². The molecule has 0 unspecified atom stereocenters. The molecule has 2 N–H and O–H groups in total. The molecule has 0 saturated carbocycles. The monoisotopic (exact) mass is 345 g/mol. The quantitative estimate of drug-likeness (QED) is 0.554. The number of carbonyl (C=O) groups is 1. The molecule has 4 heterocycles. The molecule has 0 radical (unpaired) electrons. The predicted octanol–water partition coefficient (Wildman–Crippen LogP) is 2.54. The highest BCUT2D eigenvalue weighted by atomic mass is 16.1. The van der Waals surface area contributed by atoms with E-state index in [9.17, 15) is 4.79 Å². The van der Waals surface area contributed by atoms with Crippen LogP contribution in [0.25, 0.3) is 33.5 Å². The van der Waals surface area contributed by atoms with Crippen molar-refractivity contribution in [2.45, 2.75) is 0 Å². The van der Waals surface area contributed by atoms with E-state index in [1.807, 2.05) is 18.3 Å². The van der Waals surface area contributed by atoms with Crippen LogP contribution in [-0.2, 0) is 11.8 Å². The second kappa shape index (κ2) is 6.25. The Kier molecular flexibility index (Phi) is 3.77. The molecule has 0 atom stereocenters.